The summed E-state index contributed by atoms with van der Waals surface area (Å²) in [6.45, 7) is 6.31. The van der Waals surface area contributed by atoms with E-state index in [9.17, 15) is 0 Å². The standard InChI is InChI=1S/C16H18BrClN2/c1-9-7-11(3)13(8-10(9)2)16(20-19)12-5-4-6-14(17)15(12)18/h4-8,16,20H,19H2,1-3H3. The molecule has 0 fully saturated rings. The molecule has 2 nitrogen and oxygen atoms in total. The molecule has 0 heterocycles. The predicted octanol–water partition coefficient (Wildman–Crippen LogP) is 4.58. The lowest BCUT2D eigenvalue weighted by Gasteiger charge is -2.22. The van der Waals surface area contributed by atoms with E-state index in [2.05, 4.69) is 54.3 Å². The van der Waals surface area contributed by atoms with Gasteiger partial charge in [-0.3, -0.25) is 5.84 Å². The first-order valence-electron chi connectivity index (χ1n) is 6.43. The zero-order valence-electron chi connectivity index (χ0n) is 11.8. The van der Waals surface area contributed by atoms with Gasteiger partial charge in [0.05, 0.1) is 11.1 Å². The lowest BCUT2D eigenvalue weighted by Crippen LogP contribution is -2.29. The second-order valence-electron chi connectivity index (χ2n) is 5.04. The van der Waals surface area contributed by atoms with Crippen molar-refractivity contribution in [3.8, 4) is 0 Å². The average molecular weight is 354 g/mol. The zero-order valence-corrected chi connectivity index (χ0v) is 14.1. The van der Waals surface area contributed by atoms with Gasteiger partial charge in [0, 0.05) is 4.47 Å². The Morgan fingerprint density at radius 1 is 1.05 bits per heavy atom. The Kier molecular flexibility index (Phi) is 4.86. The minimum atomic E-state index is -0.126. The maximum atomic E-state index is 6.40. The number of hydrogen-bond donors (Lipinski definition) is 2. The maximum Gasteiger partial charge on any atom is 0.0727 e. The number of nitrogens with one attached hydrogen (secondary N) is 1. The highest BCUT2D eigenvalue weighted by Gasteiger charge is 2.19. The number of halogens is 2. The normalized spacial score (nSPS) is 12.5. The molecule has 0 bridgehead atoms. The van der Waals surface area contributed by atoms with Crippen LogP contribution < -0.4 is 11.3 Å². The second-order valence-corrected chi connectivity index (χ2v) is 6.27. The van der Waals surface area contributed by atoms with Gasteiger partial charge in [0.2, 0.25) is 0 Å². The molecule has 0 spiro atoms. The second kappa shape index (κ2) is 6.27. The third kappa shape index (κ3) is 2.91. The largest absolute Gasteiger partial charge is 0.271 e. The third-order valence-electron chi connectivity index (χ3n) is 3.65. The fraction of sp³-hybridized carbons (Fsp3) is 0.250. The summed E-state index contributed by atoms with van der Waals surface area (Å²) in [5.74, 6) is 5.79. The van der Waals surface area contributed by atoms with E-state index in [0.717, 1.165) is 15.6 Å². The lowest BCUT2D eigenvalue weighted by atomic mass is 9.92. The van der Waals surface area contributed by atoms with Crippen LogP contribution in [0.15, 0.2) is 34.8 Å². The lowest BCUT2D eigenvalue weighted by molar-refractivity contribution is 0.633. The molecule has 2 aromatic carbocycles. The van der Waals surface area contributed by atoms with Crippen molar-refractivity contribution in [1.82, 2.24) is 5.43 Å². The Morgan fingerprint density at radius 3 is 2.35 bits per heavy atom. The third-order valence-corrected chi connectivity index (χ3v) is 4.96. The number of hydrazine groups is 1. The smallest absolute Gasteiger partial charge is 0.0727 e. The summed E-state index contributed by atoms with van der Waals surface area (Å²) in [7, 11) is 0. The van der Waals surface area contributed by atoms with Crippen LogP contribution in [0, 0.1) is 20.8 Å². The van der Waals surface area contributed by atoms with Crippen LogP contribution in [-0.2, 0) is 0 Å². The predicted molar refractivity (Wildman–Crippen MR) is 89.0 cm³/mol. The van der Waals surface area contributed by atoms with Gasteiger partial charge in [-0.1, -0.05) is 35.9 Å². The highest BCUT2D eigenvalue weighted by atomic mass is 79.9. The Morgan fingerprint density at radius 2 is 1.70 bits per heavy atom. The highest BCUT2D eigenvalue weighted by molar-refractivity contribution is 9.10. The molecule has 0 aliphatic carbocycles. The van der Waals surface area contributed by atoms with Crippen molar-refractivity contribution in [3.05, 3.63) is 67.6 Å². The first-order chi connectivity index (χ1) is 9.45. The minimum Gasteiger partial charge on any atom is -0.271 e. The quantitative estimate of drug-likeness (QED) is 0.626. The summed E-state index contributed by atoms with van der Waals surface area (Å²) in [5.41, 5.74) is 8.73. The number of rotatable bonds is 3. The Balaban J connectivity index is 2.58. The molecule has 0 radical (unpaired) electrons. The van der Waals surface area contributed by atoms with Gasteiger partial charge in [0.1, 0.15) is 0 Å². The summed E-state index contributed by atoms with van der Waals surface area (Å²) in [6.07, 6.45) is 0. The molecule has 0 aliphatic heterocycles. The maximum absolute atomic E-state index is 6.40. The fourth-order valence-corrected chi connectivity index (χ4v) is 3.00. The van der Waals surface area contributed by atoms with Crippen molar-refractivity contribution in [2.75, 3.05) is 0 Å². The number of nitrogens with two attached hydrogens (primary N) is 1. The molecule has 3 N–H and O–H groups in total. The van der Waals surface area contributed by atoms with Crippen molar-refractivity contribution < 1.29 is 0 Å². The summed E-state index contributed by atoms with van der Waals surface area (Å²) >= 11 is 9.86. The van der Waals surface area contributed by atoms with E-state index in [4.69, 9.17) is 17.4 Å². The van der Waals surface area contributed by atoms with Crippen molar-refractivity contribution >= 4 is 27.5 Å². The van der Waals surface area contributed by atoms with Crippen LogP contribution in [0.1, 0.15) is 33.9 Å². The molecule has 0 saturated heterocycles. The molecule has 2 aromatic rings. The van der Waals surface area contributed by atoms with E-state index in [0.29, 0.717) is 5.02 Å². The van der Waals surface area contributed by atoms with E-state index < -0.39 is 0 Å². The number of hydrogen-bond acceptors (Lipinski definition) is 2. The molecular formula is C16H18BrClN2. The first kappa shape index (κ1) is 15.5. The average Bonchev–Trinajstić information content (AvgIpc) is 2.41. The van der Waals surface area contributed by atoms with E-state index in [-0.39, 0.29) is 6.04 Å². The van der Waals surface area contributed by atoms with Crippen LogP contribution >= 0.6 is 27.5 Å². The summed E-state index contributed by atoms with van der Waals surface area (Å²) in [6, 6.07) is 10.1. The Hall–Kier alpha value is -0.870. The highest BCUT2D eigenvalue weighted by Crippen LogP contribution is 2.34. The van der Waals surface area contributed by atoms with E-state index in [1.807, 2.05) is 18.2 Å². The number of benzene rings is 2. The molecule has 0 saturated carbocycles. The monoisotopic (exact) mass is 352 g/mol. The Bertz CT molecular complexity index is 641. The first-order valence-corrected chi connectivity index (χ1v) is 7.60. The molecular weight excluding hydrogens is 336 g/mol. The zero-order chi connectivity index (χ0) is 14.9. The van der Waals surface area contributed by atoms with Crippen molar-refractivity contribution in [3.63, 3.8) is 0 Å². The van der Waals surface area contributed by atoms with Gasteiger partial charge in [-0.05, 0) is 70.6 Å². The topological polar surface area (TPSA) is 38.0 Å². The van der Waals surface area contributed by atoms with Crippen molar-refractivity contribution in [2.45, 2.75) is 26.8 Å². The van der Waals surface area contributed by atoms with Crippen LogP contribution in [0.3, 0.4) is 0 Å². The number of aryl methyl sites for hydroxylation is 3. The van der Waals surface area contributed by atoms with Crippen LogP contribution in [0.5, 0.6) is 0 Å². The van der Waals surface area contributed by atoms with Gasteiger partial charge in [0.15, 0.2) is 0 Å². The molecule has 106 valence electrons. The fourth-order valence-electron chi connectivity index (χ4n) is 2.38. The van der Waals surface area contributed by atoms with Crippen LogP contribution in [0.2, 0.25) is 5.02 Å². The van der Waals surface area contributed by atoms with Crippen molar-refractivity contribution in [2.24, 2.45) is 5.84 Å². The van der Waals surface area contributed by atoms with E-state index in [1.54, 1.807) is 0 Å². The van der Waals surface area contributed by atoms with Crippen LogP contribution in [0.25, 0.3) is 0 Å². The van der Waals surface area contributed by atoms with Gasteiger partial charge in [-0.25, -0.2) is 5.43 Å². The summed E-state index contributed by atoms with van der Waals surface area (Å²) in [4.78, 5) is 0. The molecule has 1 atom stereocenters. The van der Waals surface area contributed by atoms with E-state index in [1.165, 1.54) is 16.7 Å². The summed E-state index contributed by atoms with van der Waals surface area (Å²) in [5, 5.41) is 0.688. The molecule has 20 heavy (non-hydrogen) atoms. The van der Waals surface area contributed by atoms with Crippen molar-refractivity contribution in [1.29, 1.82) is 0 Å². The van der Waals surface area contributed by atoms with Gasteiger partial charge in [-0.2, -0.15) is 0 Å². The molecule has 0 aliphatic rings. The van der Waals surface area contributed by atoms with E-state index >= 15 is 0 Å². The van der Waals surface area contributed by atoms with Crippen LogP contribution in [-0.4, -0.2) is 0 Å². The Labute approximate surface area is 133 Å². The molecule has 4 heteroatoms. The summed E-state index contributed by atoms with van der Waals surface area (Å²) < 4.78 is 0.874. The SMILES string of the molecule is Cc1cc(C)c(C(NN)c2cccc(Br)c2Cl)cc1C. The molecule has 2 rings (SSSR count). The van der Waals surface area contributed by atoms with Crippen LogP contribution in [0.4, 0.5) is 0 Å². The van der Waals surface area contributed by atoms with Gasteiger partial charge >= 0.3 is 0 Å². The van der Waals surface area contributed by atoms with Gasteiger partial charge < -0.3 is 0 Å². The molecule has 1 unspecified atom stereocenters. The minimum absolute atomic E-state index is 0.126. The molecule has 0 amide bonds. The molecule has 0 aromatic heterocycles. The van der Waals surface area contributed by atoms with Gasteiger partial charge in [-0.15, -0.1) is 0 Å². The van der Waals surface area contributed by atoms with Gasteiger partial charge in [0.25, 0.3) is 0 Å².